The number of aliphatic hydroxyl groups excluding tert-OH is 1. The Morgan fingerprint density at radius 1 is 1.41 bits per heavy atom. The van der Waals surface area contributed by atoms with Crippen LogP contribution in [0.3, 0.4) is 0 Å². The predicted octanol–water partition coefficient (Wildman–Crippen LogP) is 0.984. The van der Waals surface area contributed by atoms with Crippen molar-refractivity contribution in [1.29, 1.82) is 0 Å². The average molecular weight is 300 g/mol. The Hall–Kier alpha value is -2.67. The molecule has 22 heavy (non-hydrogen) atoms. The molecule has 0 aliphatic rings. The minimum atomic E-state index is 0.184. The van der Waals surface area contributed by atoms with Gasteiger partial charge < -0.3 is 16.2 Å². The van der Waals surface area contributed by atoms with Crippen LogP contribution in [0.15, 0.2) is 53.9 Å². The van der Waals surface area contributed by atoms with E-state index in [0.29, 0.717) is 18.2 Å². The minimum Gasteiger partial charge on any atom is -0.404 e. The van der Waals surface area contributed by atoms with Gasteiger partial charge in [-0.3, -0.25) is 0 Å². The zero-order valence-corrected chi connectivity index (χ0v) is 12.3. The third-order valence-electron chi connectivity index (χ3n) is 2.98. The highest BCUT2D eigenvalue weighted by Gasteiger charge is 2.07. The van der Waals surface area contributed by atoms with E-state index in [0.717, 1.165) is 23.9 Å². The molecule has 1 aromatic heterocycles. The van der Waals surface area contributed by atoms with Crippen molar-refractivity contribution >= 4 is 16.9 Å². The molecule has 0 fully saturated rings. The molecule has 2 aromatic rings. The van der Waals surface area contributed by atoms with E-state index in [9.17, 15) is 0 Å². The summed E-state index contributed by atoms with van der Waals surface area (Å²) >= 11 is 0. The molecule has 4 N–H and O–H groups in total. The van der Waals surface area contributed by atoms with Crippen LogP contribution >= 0.6 is 0 Å². The van der Waals surface area contributed by atoms with Crippen LogP contribution in [0.2, 0.25) is 0 Å². The lowest BCUT2D eigenvalue weighted by Crippen LogP contribution is -2.17. The van der Waals surface area contributed by atoms with Crippen molar-refractivity contribution in [2.24, 2.45) is 10.7 Å². The van der Waals surface area contributed by atoms with E-state index < -0.39 is 0 Å². The summed E-state index contributed by atoms with van der Waals surface area (Å²) in [5, 5.41) is 20.0. The summed E-state index contributed by atoms with van der Waals surface area (Å²) in [4.78, 5) is 4.40. The number of nitrogens with two attached hydrogens (primary N) is 1. The lowest BCUT2D eigenvalue weighted by atomic mass is 10.3. The van der Waals surface area contributed by atoms with Crippen molar-refractivity contribution in [1.82, 2.24) is 20.3 Å². The molecule has 0 spiro atoms. The molecule has 0 unspecified atom stereocenters. The molecular formula is C15H20N6O. The Bertz CT molecular complexity index is 688. The number of unbranched alkanes of at least 4 members (excludes halogenated alkanes) is 1. The first-order valence-corrected chi connectivity index (χ1v) is 7.07. The fraction of sp³-hybridized carbons (Fsp3) is 0.267. The lowest BCUT2D eigenvalue weighted by molar-refractivity contribution is 0.284. The highest BCUT2D eigenvalue weighted by molar-refractivity contribution is 5.99. The molecular weight excluding hydrogens is 280 g/mol. The fourth-order valence-electron chi connectivity index (χ4n) is 1.93. The first-order chi connectivity index (χ1) is 10.8. The van der Waals surface area contributed by atoms with Crippen LogP contribution in [0.4, 0.5) is 0 Å². The fourth-order valence-corrected chi connectivity index (χ4v) is 1.93. The molecule has 0 aliphatic carbocycles. The second-order valence-electron chi connectivity index (χ2n) is 4.62. The second-order valence-corrected chi connectivity index (χ2v) is 4.62. The Kier molecular flexibility index (Phi) is 5.67. The van der Waals surface area contributed by atoms with Gasteiger partial charge >= 0.3 is 0 Å². The number of aliphatic imine (C=N–C) groups is 1. The largest absolute Gasteiger partial charge is 0.404 e. The van der Waals surface area contributed by atoms with E-state index in [1.807, 2.05) is 24.3 Å². The number of hydrogen-bond donors (Lipinski definition) is 3. The van der Waals surface area contributed by atoms with Crippen LogP contribution in [-0.2, 0) is 0 Å². The predicted molar refractivity (Wildman–Crippen MR) is 87.2 cm³/mol. The summed E-state index contributed by atoms with van der Waals surface area (Å²) in [5.74, 6) is 1.03. The molecule has 1 aromatic carbocycles. The van der Waals surface area contributed by atoms with Crippen LogP contribution in [0.1, 0.15) is 12.8 Å². The van der Waals surface area contributed by atoms with Gasteiger partial charge in [-0.25, -0.2) is 4.99 Å². The summed E-state index contributed by atoms with van der Waals surface area (Å²) in [6.07, 6.45) is 4.63. The Morgan fingerprint density at radius 3 is 3.00 bits per heavy atom. The van der Waals surface area contributed by atoms with Gasteiger partial charge in [0.25, 0.3) is 0 Å². The number of benzene rings is 1. The highest BCUT2D eigenvalue weighted by atomic mass is 16.2. The maximum atomic E-state index is 8.75. The number of nitrogens with zero attached hydrogens (tertiary/aromatic N) is 4. The van der Waals surface area contributed by atoms with Gasteiger partial charge in [0, 0.05) is 13.2 Å². The number of allylic oxidation sites excluding steroid dienone is 1. The van der Waals surface area contributed by atoms with Crippen molar-refractivity contribution in [3.05, 3.63) is 48.9 Å². The van der Waals surface area contributed by atoms with E-state index in [1.165, 1.54) is 6.20 Å². The number of aromatic nitrogens is 3. The molecule has 0 radical (unpaired) electrons. The molecule has 0 saturated heterocycles. The highest BCUT2D eigenvalue weighted by Crippen LogP contribution is 2.10. The number of rotatable bonds is 7. The third kappa shape index (κ3) is 3.92. The summed E-state index contributed by atoms with van der Waals surface area (Å²) in [6.45, 7) is 4.75. The Labute approximate surface area is 128 Å². The van der Waals surface area contributed by atoms with Gasteiger partial charge in [-0.2, -0.15) is 4.68 Å². The minimum absolute atomic E-state index is 0.184. The summed E-state index contributed by atoms with van der Waals surface area (Å²) < 4.78 is 1.61. The van der Waals surface area contributed by atoms with Crippen LogP contribution in [0.5, 0.6) is 0 Å². The van der Waals surface area contributed by atoms with Gasteiger partial charge in [0.15, 0.2) is 5.84 Å². The van der Waals surface area contributed by atoms with Crippen molar-refractivity contribution < 1.29 is 5.11 Å². The van der Waals surface area contributed by atoms with Gasteiger partial charge in [-0.1, -0.05) is 23.9 Å². The van der Waals surface area contributed by atoms with E-state index in [2.05, 4.69) is 27.2 Å². The normalized spacial score (nSPS) is 12.1. The van der Waals surface area contributed by atoms with Crippen LogP contribution < -0.4 is 11.1 Å². The first-order valence-electron chi connectivity index (χ1n) is 7.07. The van der Waals surface area contributed by atoms with Crippen molar-refractivity contribution in [3.8, 4) is 0 Å². The SMILES string of the molecule is C=C(/N=C(\C=C/N)n1nnc2ccccc21)NCCCCO. The van der Waals surface area contributed by atoms with E-state index in [1.54, 1.807) is 10.8 Å². The molecule has 0 aliphatic heterocycles. The van der Waals surface area contributed by atoms with Crippen molar-refractivity contribution in [3.63, 3.8) is 0 Å². The summed E-state index contributed by atoms with van der Waals surface area (Å²) in [6, 6.07) is 7.60. The van der Waals surface area contributed by atoms with Gasteiger partial charge in [0.05, 0.1) is 5.52 Å². The number of para-hydroxylation sites is 1. The maximum absolute atomic E-state index is 8.75. The van der Waals surface area contributed by atoms with Gasteiger partial charge in [-0.15, -0.1) is 5.10 Å². The smallest absolute Gasteiger partial charge is 0.159 e. The Balaban J connectivity index is 2.19. The third-order valence-corrected chi connectivity index (χ3v) is 2.98. The molecule has 0 atom stereocenters. The summed E-state index contributed by atoms with van der Waals surface area (Å²) in [5.41, 5.74) is 7.11. The van der Waals surface area contributed by atoms with Crippen molar-refractivity contribution in [2.45, 2.75) is 12.8 Å². The molecule has 7 heteroatoms. The van der Waals surface area contributed by atoms with Crippen molar-refractivity contribution in [2.75, 3.05) is 13.2 Å². The standard InChI is InChI=1S/C15H20N6O/c1-12(17-10-4-5-11-22)18-15(8-9-16)21-14-7-3-2-6-13(14)19-20-21/h2-3,6-9,17,22H,1,4-5,10-11,16H2/b9-8-,18-15+. The molecule has 1 heterocycles. The maximum Gasteiger partial charge on any atom is 0.159 e. The Morgan fingerprint density at radius 2 is 2.23 bits per heavy atom. The number of fused-ring (bicyclic) bond motifs is 1. The van der Waals surface area contributed by atoms with Crippen LogP contribution in [0, 0.1) is 0 Å². The van der Waals surface area contributed by atoms with E-state index in [4.69, 9.17) is 10.8 Å². The zero-order valence-electron chi connectivity index (χ0n) is 12.3. The molecule has 116 valence electrons. The molecule has 0 bridgehead atoms. The second kappa shape index (κ2) is 7.94. The van der Waals surface area contributed by atoms with E-state index in [-0.39, 0.29) is 6.61 Å². The molecule has 2 rings (SSSR count). The van der Waals surface area contributed by atoms with Gasteiger partial charge in [0.1, 0.15) is 11.3 Å². The molecule has 7 nitrogen and oxygen atoms in total. The van der Waals surface area contributed by atoms with Gasteiger partial charge in [-0.05, 0) is 37.3 Å². The lowest BCUT2D eigenvalue weighted by Gasteiger charge is -2.07. The van der Waals surface area contributed by atoms with E-state index >= 15 is 0 Å². The average Bonchev–Trinajstić information content (AvgIpc) is 2.95. The number of aliphatic hydroxyl groups is 1. The van der Waals surface area contributed by atoms with Gasteiger partial charge in [0.2, 0.25) is 0 Å². The first kappa shape index (κ1) is 15.7. The number of nitrogens with one attached hydrogen (secondary N) is 1. The molecule has 0 amide bonds. The number of hydrogen-bond acceptors (Lipinski definition) is 6. The van der Waals surface area contributed by atoms with Crippen LogP contribution in [-0.4, -0.2) is 39.1 Å². The monoisotopic (exact) mass is 300 g/mol. The summed E-state index contributed by atoms with van der Waals surface area (Å²) in [7, 11) is 0. The van der Waals surface area contributed by atoms with Crippen LogP contribution in [0.25, 0.3) is 11.0 Å². The molecule has 0 saturated carbocycles. The quantitative estimate of drug-likeness (QED) is 0.402. The zero-order chi connectivity index (χ0) is 15.8. The topological polar surface area (TPSA) is 101 Å².